The molecule has 0 saturated heterocycles. The van der Waals surface area contributed by atoms with Crippen LogP contribution in [0.2, 0.25) is 0 Å². The van der Waals surface area contributed by atoms with Gasteiger partial charge in [0.25, 0.3) is 5.91 Å². The maximum Gasteiger partial charge on any atom is 0.254 e. The molecule has 0 aliphatic carbocycles. The zero-order valence-electron chi connectivity index (χ0n) is 15.6. The number of rotatable bonds is 6. The maximum atomic E-state index is 12.9. The number of hydrogen-bond donors (Lipinski definition) is 0. The van der Waals surface area contributed by atoms with E-state index in [1.807, 2.05) is 80.7 Å². The summed E-state index contributed by atoms with van der Waals surface area (Å²) < 4.78 is 5.43. The lowest BCUT2D eigenvalue weighted by molar-refractivity contribution is 0.0741. The predicted octanol–water partition coefficient (Wildman–Crippen LogP) is 5.07. The van der Waals surface area contributed by atoms with Gasteiger partial charge >= 0.3 is 0 Å². The van der Waals surface area contributed by atoms with Crippen LogP contribution in [-0.4, -0.2) is 29.9 Å². The lowest BCUT2D eigenvalue weighted by atomic mass is 10.0. The summed E-state index contributed by atoms with van der Waals surface area (Å²) in [6.07, 6.45) is 1.77. The van der Waals surface area contributed by atoms with E-state index in [0.29, 0.717) is 5.56 Å². The molecule has 2 aromatic carbocycles. The fourth-order valence-electron chi connectivity index (χ4n) is 2.79. The van der Waals surface area contributed by atoms with E-state index >= 15 is 0 Å². The number of hydrogen-bond acceptors (Lipinski definition) is 4. The Morgan fingerprint density at radius 3 is 2.41 bits per heavy atom. The fourth-order valence-corrected chi connectivity index (χ4v) is 3.57. The molecule has 0 radical (unpaired) electrons. The number of carbonyl (C=O) groups excluding carboxylic acids is 1. The van der Waals surface area contributed by atoms with Gasteiger partial charge in [0.2, 0.25) is 0 Å². The number of aromatic nitrogens is 1. The zero-order valence-corrected chi connectivity index (χ0v) is 16.4. The monoisotopic (exact) mass is 378 g/mol. The van der Waals surface area contributed by atoms with Gasteiger partial charge in [-0.2, -0.15) is 0 Å². The summed E-state index contributed by atoms with van der Waals surface area (Å²) in [4.78, 5) is 20.0. The molecular weight excluding hydrogens is 356 g/mol. The van der Waals surface area contributed by atoms with E-state index in [9.17, 15) is 4.79 Å². The van der Waals surface area contributed by atoms with Crippen molar-refractivity contribution >= 4 is 17.7 Å². The first kappa shape index (κ1) is 19.0. The standard InChI is InChI=1S/C22H22N2O2S/c1-16(19-8-4-5-9-20(19)26-3)24(2)22(25)17-11-13-18(14-12-17)27-21-10-6-7-15-23-21/h4-16H,1-3H3. The molecule has 1 heterocycles. The van der Waals surface area contributed by atoms with Crippen molar-refractivity contribution in [2.45, 2.75) is 22.9 Å². The van der Waals surface area contributed by atoms with Gasteiger partial charge in [0, 0.05) is 29.3 Å². The Bertz CT molecular complexity index is 898. The van der Waals surface area contributed by atoms with Gasteiger partial charge in [-0.1, -0.05) is 36.0 Å². The smallest absolute Gasteiger partial charge is 0.254 e. The number of carbonyl (C=O) groups is 1. The first-order valence-electron chi connectivity index (χ1n) is 8.69. The minimum Gasteiger partial charge on any atom is -0.496 e. The van der Waals surface area contributed by atoms with Crippen molar-refractivity contribution in [3.8, 4) is 5.75 Å². The highest BCUT2D eigenvalue weighted by atomic mass is 32.2. The zero-order chi connectivity index (χ0) is 19.2. The summed E-state index contributed by atoms with van der Waals surface area (Å²) in [7, 11) is 3.46. The number of pyridine rings is 1. The molecule has 3 rings (SSSR count). The molecule has 3 aromatic rings. The summed E-state index contributed by atoms with van der Waals surface area (Å²) >= 11 is 1.57. The van der Waals surface area contributed by atoms with Gasteiger partial charge in [-0.3, -0.25) is 4.79 Å². The van der Waals surface area contributed by atoms with Crippen LogP contribution in [0.25, 0.3) is 0 Å². The van der Waals surface area contributed by atoms with Crippen LogP contribution in [0.1, 0.15) is 28.9 Å². The number of para-hydroxylation sites is 1. The van der Waals surface area contributed by atoms with Crippen LogP contribution in [-0.2, 0) is 0 Å². The second kappa shape index (κ2) is 8.73. The van der Waals surface area contributed by atoms with Crippen molar-refractivity contribution in [3.05, 3.63) is 84.1 Å². The third kappa shape index (κ3) is 4.49. The Kier molecular flexibility index (Phi) is 6.14. The van der Waals surface area contributed by atoms with E-state index < -0.39 is 0 Å². The molecule has 0 spiro atoms. The van der Waals surface area contributed by atoms with E-state index in [2.05, 4.69) is 4.98 Å². The quantitative estimate of drug-likeness (QED) is 0.600. The van der Waals surface area contributed by atoms with Gasteiger partial charge in [0.1, 0.15) is 10.8 Å². The molecule has 4 nitrogen and oxygen atoms in total. The number of ether oxygens (including phenoxy) is 1. The van der Waals surface area contributed by atoms with Crippen LogP contribution in [0, 0.1) is 0 Å². The highest BCUT2D eigenvalue weighted by molar-refractivity contribution is 7.99. The number of nitrogens with zero attached hydrogens (tertiary/aromatic N) is 2. The van der Waals surface area contributed by atoms with Gasteiger partial charge in [-0.05, 0) is 49.4 Å². The molecule has 0 N–H and O–H groups in total. The average Bonchev–Trinajstić information content (AvgIpc) is 2.73. The third-order valence-corrected chi connectivity index (χ3v) is 5.41. The molecule has 0 fully saturated rings. The van der Waals surface area contributed by atoms with Gasteiger partial charge in [0.15, 0.2) is 0 Å². The molecule has 1 atom stereocenters. The van der Waals surface area contributed by atoms with Gasteiger partial charge in [-0.25, -0.2) is 4.98 Å². The Balaban J connectivity index is 1.73. The fraction of sp³-hybridized carbons (Fsp3) is 0.182. The Labute approximate surface area is 164 Å². The second-order valence-corrected chi connectivity index (χ2v) is 7.22. The van der Waals surface area contributed by atoms with Crippen molar-refractivity contribution in [1.29, 1.82) is 0 Å². The first-order chi connectivity index (χ1) is 13.1. The molecule has 0 bridgehead atoms. The Morgan fingerprint density at radius 2 is 1.74 bits per heavy atom. The molecule has 0 saturated carbocycles. The van der Waals surface area contributed by atoms with Crippen LogP contribution in [0.3, 0.4) is 0 Å². The molecule has 1 aromatic heterocycles. The lowest BCUT2D eigenvalue weighted by Crippen LogP contribution is -2.29. The molecule has 1 amide bonds. The third-order valence-electron chi connectivity index (χ3n) is 4.45. The van der Waals surface area contributed by atoms with Crippen molar-refractivity contribution in [2.24, 2.45) is 0 Å². The topological polar surface area (TPSA) is 42.4 Å². The van der Waals surface area contributed by atoms with Crippen LogP contribution < -0.4 is 4.74 Å². The minimum absolute atomic E-state index is 0.0252. The Morgan fingerprint density at radius 1 is 1.04 bits per heavy atom. The average molecular weight is 378 g/mol. The number of benzene rings is 2. The van der Waals surface area contributed by atoms with Gasteiger partial charge in [-0.15, -0.1) is 0 Å². The molecule has 138 valence electrons. The summed E-state index contributed by atoms with van der Waals surface area (Å²) in [5, 5.41) is 0.929. The van der Waals surface area contributed by atoms with Crippen molar-refractivity contribution in [2.75, 3.05) is 14.2 Å². The van der Waals surface area contributed by atoms with E-state index in [0.717, 1.165) is 21.2 Å². The first-order valence-corrected chi connectivity index (χ1v) is 9.51. The largest absolute Gasteiger partial charge is 0.496 e. The predicted molar refractivity (Wildman–Crippen MR) is 108 cm³/mol. The van der Waals surface area contributed by atoms with Crippen LogP contribution in [0.15, 0.2) is 82.8 Å². The van der Waals surface area contributed by atoms with Crippen molar-refractivity contribution in [1.82, 2.24) is 9.88 Å². The van der Waals surface area contributed by atoms with Crippen LogP contribution in [0.5, 0.6) is 5.75 Å². The molecule has 0 aliphatic rings. The maximum absolute atomic E-state index is 12.9. The van der Waals surface area contributed by atoms with Gasteiger partial charge < -0.3 is 9.64 Å². The summed E-state index contributed by atoms with van der Waals surface area (Å²) in [5.41, 5.74) is 1.64. The highest BCUT2D eigenvalue weighted by Gasteiger charge is 2.21. The minimum atomic E-state index is -0.101. The summed E-state index contributed by atoms with van der Waals surface area (Å²) in [5.74, 6) is 0.759. The van der Waals surface area contributed by atoms with E-state index in [1.165, 1.54) is 0 Å². The second-order valence-electron chi connectivity index (χ2n) is 6.13. The SMILES string of the molecule is COc1ccccc1C(C)N(C)C(=O)c1ccc(Sc2ccccn2)cc1. The Hall–Kier alpha value is -2.79. The molecule has 0 aliphatic heterocycles. The van der Waals surface area contributed by atoms with Crippen molar-refractivity contribution < 1.29 is 9.53 Å². The highest BCUT2D eigenvalue weighted by Crippen LogP contribution is 2.30. The van der Waals surface area contributed by atoms with E-state index in [1.54, 1.807) is 30.0 Å². The van der Waals surface area contributed by atoms with Crippen LogP contribution >= 0.6 is 11.8 Å². The number of methoxy groups -OCH3 is 1. The van der Waals surface area contributed by atoms with Crippen LogP contribution in [0.4, 0.5) is 0 Å². The lowest BCUT2D eigenvalue weighted by Gasteiger charge is -2.26. The van der Waals surface area contributed by atoms with Crippen molar-refractivity contribution in [3.63, 3.8) is 0 Å². The molecule has 1 unspecified atom stereocenters. The molecule has 27 heavy (non-hydrogen) atoms. The van der Waals surface area contributed by atoms with E-state index in [-0.39, 0.29) is 11.9 Å². The molecule has 5 heteroatoms. The van der Waals surface area contributed by atoms with E-state index in [4.69, 9.17) is 4.74 Å². The summed E-state index contributed by atoms with van der Waals surface area (Å²) in [6, 6.07) is 21.1. The number of amides is 1. The molecular formula is C22H22N2O2S. The van der Waals surface area contributed by atoms with Gasteiger partial charge in [0.05, 0.1) is 13.2 Å². The summed E-state index contributed by atoms with van der Waals surface area (Å²) in [6.45, 7) is 2.00. The normalized spacial score (nSPS) is 11.7.